The molecule has 0 aromatic heterocycles. The topological polar surface area (TPSA) is 87.7 Å². The van der Waals surface area contributed by atoms with Gasteiger partial charge in [-0.3, -0.25) is 14.4 Å². The van der Waals surface area contributed by atoms with E-state index in [4.69, 9.17) is 16.3 Å². The summed E-state index contributed by atoms with van der Waals surface area (Å²) in [6, 6.07) is 14.0. The maximum atomic E-state index is 14.3. The van der Waals surface area contributed by atoms with Crippen LogP contribution in [-0.2, 0) is 25.7 Å². The Labute approximate surface area is 250 Å². The van der Waals surface area contributed by atoms with Gasteiger partial charge in [-0.05, 0) is 54.3 Å². The summed E-state index contributed by atoms with van der Waals surface area (Å²) in [4.78, 5) is 44.9. The number of hydrogen-bond acceptors (Lipinski definition) is 5. The van der Waals surface area contributed by atoms with E-state index in [1.807, 2.05) is 60.9 Å². The summed E-state index contributed by atoms with van der Waals surface area (Å²) < 4.78 is 6.51. The molecule has 4 aliphatic rings. The first-order chi connectivity index (χ1) is 19.7. The maximum Gasteiger partial charge on any atom is 0.246 e. The first-order valence-electron chi connectivity index (χ1n) is 14.4. The standard InChI is InChI=1S/C32H36ClN3O4S/c1-18-8-6-13-24(19(18)2)35-30(38)28-32-15-14-25(40-32)26(29(37)34-21-10-7-11-22(16-21)41-3)27(32)31(39)36(28)17-20-9-4-5-12-23(20)33/h4-5,7,9-12,14-16,18-19,24-28H,6,8,13,17H2,1-3H3,(H,34,37)(H,35,38)/t18?,19?,24?,25-,26?,27-,28?,32?/m0/s1. The largest absolute Gasteiger partial charge is 0.359 e. The third kappa shape index (κ3) is 4.88. The average Bonchev–Trinajstić information content (AvgIpc) is 3.60. The number of carbonyl (C=O) groups is 3. The van der Waals surface area contributed by atoms with Gasteiger partial charge in [-0.15, -0.1) is 11.8 Å². The van der Waals surface area contributed by atoms with Crippen molar-refractivity contribution in [2.45, 2.75) is 68.3 Å². The number of nitrogens with one attached hydrogen (secondary N) is 2. The number of fused-ring (bicyclic) bond motifs is 1. The molecule has 6 unspecified atom stereocenters. The van der Waals surface area contributed by atoms with E-state index in [9.17, 15) is 14.4 Å². The predicted octanol–water partition coefficient (Wildman–Crippen LogP) is 5.29. The van der Waals surface area contributed by atoms with Gasteiger partial charge in [0.1, 0.15) is 11.6 Å². The molecular weight excluding hydrogens is 558 g/mol. The number of rotatable bonds is 7. The van der Waals surface area contributed by atoms with Crippen LogP contribution in [0.4, 0.5) is 5.69 Å². The highest BCUT2D eigenvalue weighted by Gasteiger charge is 2.72. The SMILES string of the molecule is CSc1cccc(NC(=O)C2[C@@H]3C=CC4(O3)C(C(=O)NC3CCCC(C)C3C)N(Cc3ccccc3Cl)C(=O)[C@H]24)c1. The van der Waals surface area contributed by atoms with Gasteiger partial charge < -0.3 is 20.3 Å². The molecule has 3 amide bonds. The van der Waals surface area contributed by atoms with Crippen LogP contribution in [-0.4, -0.2) is 52.7 Å². The van der Waals surface area contributed by atoms with E-state index in [2.05, 4.69) is 24.5 Å². The van der Waals surface area contributed by atoms with Gasteiger partial charge in [-0.1, -0.05) is 74.7 Å². The van der Waals surface area contributed by atoms with Crippen molar-refractivity contribution in [3.8, 4) is 0 Å². The van der Waals surface area contributed by atoms with E-state index in [-0.39, 0.29) is 30.3 Å². The lowest BCUT2D eigenvalue weighted by molar-refractivity contribution is -0.142. The second-order valence-electron chi connectivity index (χ2n) is 11.9. The van der Waals surface area contributed by atoms with Crippen molar-refractivity contribution >= 4 is 46.8 Å². The number of nitrogens with zero attached hydrogens (tertiary/aromatic N) is 1. The molecule has 2 bridgehead atoms. The van der Waals surface area contributed by atoms with Crippen LogP contribution in [0.15, 0.2) is 65.6 Å². The van der Waals surface area contributed by atoms with E-state index in [0.29, 0.717) is 22.5 Å². The van der Waals surface area contributed by atoms with Crippen molar-refractivity contribution in [1.29, 1.82) is 0 Å². The van der Waals surface area contributed by atoms with Gasteiger partial charge in [-0.2, -0.15) is 0 Å². The third-order valence-corrected chi connectivity index (χ3v) is 10.7. The molecule has 6 rings (SSSR count). The van der Waals surface area contributed by atoms with Crippen molar-refractivity contribution in [2.24, 2.45) is 23.7 Å². The molecule has 1 saturated carbocycles. The zero-order valence-electron chi connectivity index (χ0n) is 23.5. The second kappa shape index (κ2) is 11.1. The van der Waals surface area contributed by atoms with Gasteiger partial charge in [-0.25, -0.2) is 0 Å². The summed E-state index contributed by atoms with van der Waals surface area (Å²) in [5, 5.41) is 6.83. The highest BCUT2D eigenvalue weighted by Crippen LogP contribution is 2.55. The molecule has 216 valence electrons. The number of carbonyl (C=O) groups excluding carboxylic acids is 3. The third-order valence-electron chi connectivity index (χ3n) is 9.60. The minimum atomic E-state index is -1.22. The Kier molecular flexibility index (Phi) is 7.68. The number of likely N-dealkylation sites (tertiary alicyclic amines) is 1. The van der Waals surface area contributed by atoms with Gasteiger partial charge >= 0.3 is 0 Å². The summed E-state index contributed by atoms with van der Waals surface area (Å²) in [5.41, 5.74) is 0.181. The summed E-state index contributed by atoms with van der Waals surface area (Å²) in [5.74, 6) is -1.54. The van der Waals surface area contributed by atoms with Crippen LogP contribution in [0.1, 0.15) is 38.7 Å². The van der Waals surface area contributed by atoms with Crippen molar-refractivity contribution < 1.29 is 19.1 Å². The molecule has 0 radical (unpaired) electrons. The van der Waals surface area contributed by atoms with Gasteiger partial charge in [0.2, 0.25) is 17.7 Å². The number of benzene rings is 2. The van der Waals surface area contributed by atoms with E-state index < -0.39 is 29.6 Å². The molecule has 3 heterocycles. The molecule has 9 heteroatoms. The van der Waals surface area contributed by atoms with Crippen molar-refractivity contribution in [2.75, 3.05) is 11.6 Å². The highest BCUT2D eigenvalue weighted by molar-refractivity contribution is 7.98. The summed E-state index contributed by atoms with van der Waals surface area (Å²) >= 11 is 8.10. The van der Waals surface area contributed by atoms with E-state index in [0.717, 1.165) is 29.7 Å². The lowest BCUT2D eigenvalue weighted by Gasteiger charge is -2.38. The zero-order valence-corrected chi connectivity index (χ0v) is 25.1. The molecule has 1 aliphatic carbocycles. The fourth-order valence-electron chi connectivity index (χ4n) is 7.22. The molecule has 1 spiro atoms. The number of halogens is 1. The van der Waals surface area contributed by atoms with Crippen LogP contribution in [0.3, 0.4) is 0 Å². The first kappa shape index (κ1) is 28.3. The predicted molar refractivity (Wildman–Crippen MR) is 160 cm³/mol. The van der Waals surface area contributed by atoms with Crippen LogP contribution < -0.4 is 10.6 Å². The monoisotopic (exact) mass is 593 g/mol. The Balaban J connectivity index is 1.33. The van der Waals surface area contributed by atoms with Crippen molar-refractivity contribution in [1.82, 2.24) is 10.2 Å². The quantitative estimate of drug-likeness (QED) is 0.336. The number of thioether (sulfide) groups is 1. The minimum absolute atomic E-state index is 0.0179. The van der Waals surface area contributed by atoms with Crippen molar-refractivity contribution in [3.63, 3.8) is 0 Å². The molecule has 2 N–H and O–H groups in total. The molecule has 2 aromatic carbocycles. The van der Waals surface area contributed by atoms with Crippen LogP contribution in [0.2, 0.25) is 5.02 Å². The van der Waals surface area contributed by atoms with Gasteiger partial charge in [0.25, 0.3) is 0 Å². The van der Waals surface area contributed by atoms with Crippen LogP contribution >= 0.6 is 23.4 Å². The van der Waals surface area contributed by atoms with Gasteiger partial charge in [0, 0.05) is 28.2 Å². The Morgan fingerprint density at radius 3 is 2.71 bits per heavy atom. The summed E-state index contributed by atoms with van der Waals surface area (Å²) in [7, 11) is 0. The molecule has 41 heavy (non-hydrogen) atoms. The average molecular weight is 594 g/mol. The zero-order chi connectivity index (χ0) is 28.9. The van der Waals surface area contributed by atoms with E-state index in [1.165, 1.54) is 0 Å². The van der Waals surface area contributed by atoms with Gasteiger partial charge in [0.05, 0.1) is 17.9 Å². The Morgan fingerprint density at radius 1 is 1.12 bits per heavy atom. The number of hydrogen-bond donors (Lipinski definition) is 2. The Hall–Kier alpha value is -2.81. The van der Waals surface area contributed by atoms with Gasteiger partial charge in [0.15, 0.2) is 0 Å². The lowest BCUT2D eigenvalue weighted by atomic mass is 9.73. The first-order valence-corrected chi connectivity index (χ1v) is 16.0. The number of amides is 3. The Morgan fingerprint density at radius 2 is 1.93 bits per heavy atom. The molecule has 2 aromatic rings. The summed E-state index contributed by atoms with van der Waals surface area (Å²) in [6.45, 7) is 4.56. The highest BCUT2D eigenvalue weighted by atomic mass is 35.5. The second-order valence-corrected chi connectivity index (χ2v) is 13.1. The van der Waals surface area contributed by atoms with Crippen LogP contribution in [0, 0.1) is 23.7 Å². The fourth-order valence-corrected chi connectivity index (χ4v) is 7.88. The minimum Gasteiger partial charge on any atom is -0.359 e. The van der Waals surface area contributed by atoms with E-state index in [1.54, 1.807) is 22.7 Å². The molecule has 3 aliphatic heterocycles. The molecule has 7 nitrogen and oxygen atoms in total. The molecule has 3 fully saturated rings. The van der Waals surface area contributed by atoms with Crippen LogP contribution in [0.25, 0.3) is 0 Å². The van der Waals surface area contributed by atoms with Crippen molar-refractivity contribution in [3.05, 3.63) is 71.3 Å². The van der Waals surface area contributed by atoms with E-state index >= 15 is 0 Å². The summed E-state index contributed by atoms with van der Waals surface area (Å²) in [6.07, 6.45) is 8.18. The maximum absolute atomic E-state index is 14.3. The smallest absolute Gasteiger partial charge is 0.246 e. The Bertz CT molecular complexity index is 1400. The molecule has 2 saturated heterocycles. The normalized spacial score (nSPS) is 33.6. The number of ether oxygens (including phenoxy) is 1. The van der Waals surface area contributed by atoms with Crippen LogP contribution in [0.5, 0.6) is 0 Å². The molecular formula is C32H36ClN3O4S. The fraction of sp³-hybridized carbons (Fsp3) is 0.469. The number of anilines is 1. The molecule has 8 atom stereocenters. The lowest BCUT2D eigenvalue weighted by Crippen LogP contribution is -2.57.